The minimum Gasteiger partial charge on any atom is -0.317 e. The molecule has 0 aromatic carbocycles. The van der Waals surface area contributed by atoms with Crippen LogP contribution in [0, 0.1) is 0 Å². The average molecular weight is 205 g/mol. The van der Waals surface area contributed by atoms with Gasteiger partial charge in [0.1, 0.15) is 0 Å². The first-order valence-electron chi connectivity index (χ1n) is 5.07. The van der Waals surface area contributed by atoms with Crippen LogP contribution in [0.15, 0.2) is 0 Å². The molecule has 0 aromatic heterocycles. The van der Waals surface area contributed by atoms with E-state index in [-0.39, 0.29) is 4.75 Å². The molecule has 13 heavy (non-hydrogen) atoms. The van der Waals surface area contributed by atoms with E-state index in [0.29, 0.717) is 0 Å². The van der Waals surface area contributed by atoms with Gasteiger partial charge in [-0.25, -0.2) is 0 Å². The Morgan fingerprint density at radius 3 is 2.31 bits per heavy atom. The van der Waals surface area contributed by atoms with Gasteiger partial charge in [-0.1, -0.05) is 6.92 Å². The first-order chi connectivity index (χ1) is 5.98. The fraction of sp³-hybridized carbons (Fsp3) is 1.00. The summed E-state index contributed by atoms with van der Waals surface area (Å²) in [5.74, 6) is 0.820. The second-order valence-electron chi connectivity index (χ2n) is 4.27. The molecular weight excluding hydrogens is 182 g/mol. The second-order valence-corrected chi connectivity index (χ2v) is 6.59. The Hall–Kier alpha value is 0.110. The lowest BCUT2D eigenvalue weighted by Crippen LogP contribution is -2.26. The summed E-state index contributed by atoms with van der Waals surface area (Å²) in [6.45, 7) is 10.3. The fourth-order valence-electron chi connectivity index (χ4n) is 0.936. The van der Waals surface area contributed by atoms with Crippen LogP contribution in [0.3, 0.4) is 0 Å². The molecule has 0 aliphatic carbocycles. The summed E-state index contributed by atoms with van der Waals surface area (Å²) in [6.07, 6.45) is 2.19. The molecule has 0 amide bonds. The van der Waals surface area contributed by atoms with E-state index < -0.39 is 10.8 Å². The zero-order valence-electron chi connectivity index (χ0n) is 9.35. The molecule has 0 aliphatic heterocycles. The standard InChI is InChI=1S/C10H23NOS/c1-5-7-11-8-6-9-13(12)10(2,3)4/h11H,5-9H2,1-4H3. The quantitative estimate of drug-likeness (QED) is 0.671. The lowest BCUT2D eigenvalue weighted by atomic mass is 10.3. The van der Waals surface area contributed by atoms with Gasteiger partial charge in [-0.2, -0.15) is 0 Å². The summed E-state index contributed by atoms with van der Waals surface area (Å²) in [4.78, 5) is 0. The van der Waals surface area contributed by atoms with Crippen LogP contribution in [0.5, 0.6) is 0 Å². The smallest absolute Gasteiger partial charge is 0.0375 e. The molecule has 80 valence electrons. The third-order valence-electron chi connectivity index (χ3n) is 1.79. The fourth-order valence-corrected chi connectivity index (χ4v) is 1.96. The molecule has 0 fully saturated rings. The molecule has 0 radical (unpaired) electrons. The Morgan fingerprint density at radius 2 is 1.85 bits per heavy atom. The molecule has 1 atom stereocenters. The summed E-state index contributed by atoms with van der Waals surface area (Å²) >= 11 is 0. The zero-order valence-corrected chi connectivity index (χ0v) is 10.2. The van der Waals surface area contributed by atoms with E-state index in [4.69, 9.17) is 0 Å². The highest BCUT2D eigenvalue weighted by molar-refractivity contribution is 7.86. The van der Waals surface area contributed by atoms with E-state index in [1.807, 2.05) is 20.8 Å². The summed E-state index contributed by atoms with van der Waals surface area (Å²) in [5.41, 5.74) is 0. The summed E-state index contributed by atoms with van der Waals surface area (Å²) < 4.78 is 11.5. The predicted molar refractivity (Wildman–Crippen MR) is 60.5 cm³/mol. The first-order valence-corrected chi connectivity index (χ1v) is 6.39. The maximum Gasteiger partial charge on any atom is 0.0375 e. The number of rotatable bonds is 6. The van der Waals surface area contributed by atoms with E-state index in [1.165, 1.54) is 6.42 Å². The molecule has 2 nitrogen and oxygen atoms in total. The van der Waals surface area contributed by atoms with E-state index in [0.717, 1.165) is 25.3 Å². The van der Waals surface area contributed by atoms with Gasteiger partial charge in [0.25, 0.3) is 0 Å². The van der Waals surface area contributed by atoms with Crippen molar-refractivity contribution in [2.24, 2.45) is 0 Å². The molecular formula is C10H23NOS. The van der Waals surface area contributed by atoms with Gasteiger partial charge < -0.3 is 5.32 Å². The monoisotopic (exact) mass is 205 g/mol. The van der Waals surface area contributed by atoms with E-state index in [1.54, 1.807) is 0 Å². The van der Waals surface area contributed by atoms with Gasteiger partial charge in [0.15, 0.2) is 0 Å². The molecule has 0 heterocycles. The Balaban J connectivity index is 3.38. The van der Waals surface area contributed by atoms with Crippen molar-refractivity contribution in [2.75, 3.05) is 18.8 Å². The number of hydrogen-bond donors (Lipinski definition) is 1. The molecule has 1 N–H and O–H groups in total. The van der Waals surface area contributed by atoms with Crippen LogP contribution in [-0.2, 0) is 10.8 Å². The Kier molecular flexibility index (Phi) is 6.60. The highest BCUT2D eigenvalue weighted by Crippen LogP contribution is 2.11. The van der Waals surface area contributed by atoms with E-state index >= 15 is 0 Å². The summed E-state index contributed by atoms with van der Waals surface area (Å²) in [5, 5.41) is 3.31. The zero-order chi connectivity index (χ0) is 10.3. The van der Waals surface area contributed by atoms with Gasteiger partial charge in [-0.3, -0.25) is 4.21 Å². The van der Waals surface area contributed by atoms with Crippen LogP contribution < -0.4 is 5.32 Å². The molecule has 0 aliphatic rings. The lowest BCUT2D eigenvalue weighted by Gasteiger charge is -2.17. The molecule has 0 aromatic rings. The van der Waals surface area contributed by atoms with Crippen molar-refractivity contribution in [3.63, 3.8) is 0 Å². The van der Waals surface area contributed by atoms with Crippen molar-refractivity contribution in [3.8, 4) is 0 Å². The number of hydrogen-bond acceptors (Lipinski definition) is 2. The van der Waals surface area contributed by atoms with Gasteiger partial charge in [0.05, 0.1) is 0 Å². The van der Waals surface area contributed by atoms with Crippen LogP contribution in [0.4, 0.5) is 0 Å². The normalized spacial score (nSPS) is 14.5. The van der Waals surface area contributed by atoms with Crippen molar-refractivity contribution in [2.45, 2.75) is 45.3 Å². The highest BCUT2D eigenvalue weighted by Gasteiger charge is 2.18. The van der Waals surface area contributed by atoms with Crippen molar-refractivity contribution in [1.29, 1.82) is 0 Å². The number of nitrogens with one attached hydrogen (secondary N) is 1. The summed E-state index contributed by atoms with van der Waals surface area (Å²) in [6, 6.07) is 0. The van der Waals surface area contributed by atoms with Gasteiger partial charge in [0, 0.05) is 21.3 Å². The second kappa shape index (κ2) is 6.55. The molecule has 0 spiro atoms. The third-order valence-corrected chi connectivity index (χ3v) is 3.82. The van der Waals surface area contributed by atoms with Crippen LogP contribution in [-0.4, -0.2) is 27.8 Å². The minimum absolute atomic E-state index is 0.0508. The molecule has 3 heteroatoms. The van der Waals surface area contributed by atoms with Crippen molar-refractivity contribution in [3.05, 3.63) is 0 Å². The lowest BCUT2D eigenvalue weighted by molar-refractivity contribution is 0.632. The van der Waals surface area contributed by atoms with E-state index in [9.17, 15) is 4.21 Å². The predicted octanol–water partition coefficient (Wildman–Crippen LogP) is 1.92. The van der Waals surface area contributed by atoms with Gasteiger partial charge >= 0.3 is 0 Å². The van der Waals surface area contributed by atoms with E-state index in [2.05, 4.69) is 12.2 Å². The van der Waals surface area contributed by atoms with Gasteiger partial charge in [-0.15, -0.1) is 0 Å². The van der Waals surface area contributed by atoms with Crippen LogP contribution >= 0.6 is 0 Å². The first kappa shape index (κ1) is 13.1. The highest BCUT2D eigenvalue weighted by atomic mass is 32.2. The molecule has 1 unspecified atom stereocenters. The Labute approximate surface area is 84.9 Å². The van der Waals surface area contributed by atoms with Crippen LogP contribution in [0.25, 0.3) is 0 Å². The molecule has 0 rings (SSSR count). The molecule has 0 bridgehead atoms. The van der Waals surface area contributed by atoms with Crippen LogP contribution in [0.2, 0.25) is 0 Å². The minimum atomic E-state index is -0.683. The van der Waals surface area contributed by atoms with Gasteiger partial charge in [-0.05, 0) is 46.7 Å². The maximum atomic E-state index is 11.6. The Morgan fingerprint density at radius 1 is 1.23 bits per heavy atom. The maximum absolute atomic E-state index is 11.6. The molecule has 0 saturated heterocycles. The third kappa shape index (κ3) is 7.20. The van der Waals surface area contributed by atoms with Crippen molar-refractivity contribution >= 4 is 10.8 Å². The SMILES string of the molecule is CCCNCCCS(=O)C(C)(C)C. The molecule has 0 saturated carbocycles. The van der Waals surface area contributed by atoms with Crippen molar-refractivity contribution < 1.29 is 4.21 Å². The Bertz CT molecular complexity index is 151. The van der Waals surface area contributed by atoms with Crippen molar-refractivity contribution in [1.82, 2.24) is 5.32 Å². The largest absolute Gasteiger partial charge is 0.317 e. The summed E-state index contributed by atoms with van der Waals surface area (Å²) in [7, 11) is -0.683. The van der Waals surface area contributed by atoms with Crippen LogP contribution in [0.1, 0.15) is 40.5 Å². The van der Waals surface area contributed by atoms with Gasteiger partial charge in [0.2, 0.25) is 0 Å². The topological polar surface area (TPSA) is 29.1 Å². The average Bonchev–Trinajstić information content (AvgIpc) is 2.02.